The van der Waals surface area contributed by atoms with E-state index >= 15 is 0 Å². The van der Waals surface area contributed by atoms with Gasteiger partial charge in [0.25, 0.3) is 0 Å². The highest BCUT2D eigenvalue weighted by molar-refractivity contribution is 7.89. The van der Waals surface area contributed by atoms with Crippen molar-refractivity contribution in [3.8, 4) is 5.75 Å². The summed E-state index contributed by atoms with van der Waals surface area (Å²) in [6, 6.07) is 3.47. The predicted molar refractivity (Wildman–Crippen MR) is 71.6 cm³/mol. The van der Waals surface area contributed by atoms with Crippen LogP contribution >= 0.6 is 0 Å². The fraction of sp³-hybridized carbons (Fsp3) is 0.538. The van der Waals surface area contributed by atoms with Gasteiger partial charge in [0.2, 0.25) is 10.0 Å². The summed E-state index contributed by atoms with van der Waals surface area (Å²) in [5.41, 5.74) is -0.824. The molecule has 0 radical (unpaired) electrons. The number of halogens is 1. The third-order valence-corrected chi connectivity index (χ3v) is 5.22. The quantitative estimate of drug-likeness (QED) is 0.862. The SMILES string of the molecule is COc1ccc(S(=O)(=O)NC2(CO)CCCC2)cc1F. The Bertz CT molecular complexity index is 582. The first kappa shape index (κ1) is 15.2. The molecule has 1 aromatic carbocycles. The zero-order valence-corrected chi connectivity index (χ0v) is 12.0. The number of rotatable bonds is 5. The highest BCUT2D eigenvalue weighted by Crippen LogP contribution is 2.31. The number of sulfonamides is 1. The number of hydrogen-bond acceptors (Lipinski definition) is 4. The molecule has 1 fully saturated rings. The van der Waals surface area contributed by atoms with Crippen molar-refractivity contribution < 1.29 is 22.7 Å². The van der Waals surface area contributed by atoms with Crippen LogP contribution in [0.4, 0.5) is 4.39 Å². The fourth-order valence-corrected chi connectivity index (χ4v) is 3.96. The monoisotopic (exact) mass is 303 g/mol. The van der Waals surface area contributed by atoms with E-state index in [-0.39, 0.29) is 17.3 Å². The number of nitrogens with one attached hydrogen (secondary N) is 1. The minimum Gasteiger partial charge on any atom is -0.494 e. The molecule has 2 rings (SSSR count). The molecule has 1 aliphatic rings. The summed E-state index contributed by atoms with van der Waals surface area (Å²) in [7, 11) is -2.56. The molecule has 0 aliphatic heterocycles. The molecule has 7 heteroatoms. The molecule has 0 saturated heterocycles. The van der Waals surface area contributed by atoms with E-state index in [2.05, 4.69) is 4.72 Å². The molecule has 112 valence electrons. The second-order valence-corrected chi connectivity index (χ2v) is 6.73. The lowest BCUT2D eigenvalue weighted by Crippen LogP contribution is -2.49. The van der Waals surface area contributed by atoms with E-state index in [1.54, 1.807) is 0 Å². The first-order valence-electron chi connectivity index (χ1n) is 6.41. The summed E-state index contributed by atoms with van der Waals surface area (Å²) >= 11 is 0. The van der Waals surface area contributed by atoms with E-state index in [9.17, 15) is 17.9 Å². The third kappa shape index (κ3) is 2.94. The Balaban J connectivity index is 2.28. The summed E-state index contributed by atoms with van der Waals surface area (Å²) in [6.07, 6.45) is 2.89. The number of methoxy groups -OCH3 is 1. The lowest BCUT2D eigenvalue weighted by atomic mass is 10.0. The van der Waals surface area contributed by atoms with Gasteiger partial charge in [-0.05, 0) is 31.0 Å². The van der Waals surface area contributed by atoms with E-state index in [1.807, 2.05) is 0 Å². The van der Waals surface area contributed by atoms with Crippen molar-refractivity contribution in [1.82, 2.24) is 4.72 Å². The fourth-order valence-electron chi connectivity index (χ4n) is 2.50. The smallest absolute Gasteiger partial charge is 0.241 e. The van der Waals surface area contributed by atoms with Crippen LogP contribution in [0.15, 0.2) is 23.1 Å². The van der Waals surface area contributed by atoms with Crippen molar-refractivity contribution in [1.29, 1.82) is 0 Å². The minimum atomic E-state index is -3.87. The zero-order chi connectivity index (χ0) is 14.8. The number of benzene rings is 1. The Morgan fingerprint density at radius 3 is 2.55 bits per heavy atom. The molecule has 0 amide bonds. The normalized spacial score (nSPS) is 18.1. The van der Waals surface area contributed by atoms with Crippen LogP contribution in [-0.4, -0.2) is 32.8 Å². The molecule has 0 aromatic heterocycles. The molecule has 0 spiro atoms. The van der Waals surface area contributed by atoms with Crippen LogP contribution < -0.4 is 9.46 Å². The standard InChI is InChI=1S/C13H18FNO4S/c1-19-12-5-4-10(8-11(12)14)20(17,18)15-13(9-16)6-2-3-7-13/h4-5,8,15-16H,2-3,6-7,9H2,1H3. The highest BCUT2D eigenvalue weighted by atomic mass is 32.2. The van der Waals surface area contributed by atoms with Gasteiger partial charge in [-0.1, -0.05) is 12.8 Å². The predicted octanol–water partition coefficient (Wildman–Crippen LogP) is 1.42. The number of ether oxygens (including phenoxy) is 1. The van der Waals surface area contributed by atoms with Gasteiger partial charge >= 0.3 is 0 Å². The average molecular weight is 303 g/mol. The van der Waals surface area contributed by atoms with Crippen LogP contribution in [0.5, 0.6) is 5.75 Å². The summed E-state index contributed by atoms with van der Waals surface area (Å²) in [6.45, 7) is -0.259. The van der Waals surface area contributed by atoms with E-state index < -0.39 is 21.4 Å². The lowest BCUT2D eigenvalue weighted by molar-refractivity contribution is 0.185. The van der Waals surface area contributed by atoms with Crippen molar-refractivity contribution >= 4 is 10.0 Å². The molecular weight excluding hydrogens is 285 g/mol. The topological polar surface area (TPSA) is 75.6 Å². The lowest BCUT2D eigenvalue weighted by Gasteiger charge is -2.27. The Morgan fingerprint density at radius 2 is 2.05 bits per heavy atom. The van der Waals surface area contributed by atoms with Gasteiger partial charge < -0.3 is 9.84 Å². The van der Waals surface area contributed by atoms with Crippen LogP contribution in [-0.2, 0) is 10.0 Å². The van der Waals surface area contributed by atoms with Crippen molar-refractivity contribution in [2.75, 3.05) is 13.7 Å². The molecule has 1 aromatic rings. The van der Waals surface area contributed by atoms with E-state index in [0.717, 1.165) is 18.9 Å². The van der Waals surface area contributed by atoms with Crippen LogP contribution in [0.3, 0.4) is 0 Å². The zero-order valence-electron chi connectivity index (χ0n) is 11.2. The van der Waals surface area contributed by atoms with Gasteiger partial charge in [0, 0.05) is 0 Å². The van der Waals surface area contributed by atoms with Crippen LogP contribution in [0.25, 0.3) is 0 Å². The molecule has 0 heterocycles. The van der Waals surface area contributed by atoms with Crippen LogP contribution in [0, 0.1) is 5.82 Å². The van der Waals surface area contributed by atoms with Gasteiger partial charge in [-0.15, -0.1) is 0 Å². The van der Waals surface area contributed by atoms with Gasteiger partial charge in [0.15, 0.2) is 11.6 Å². The second kappa shape index (κ2) is 5.67. The summed E-state index contributed by atoms with van der Waals surface area (Å²) < 4.78 is 45.4. The van der Waals surface area contributed by atoms with Crippen LogP contribution in [0.2, 0.25) is 0 Å². The first-order chi connectivity index (χ1) is 9.42. The second-order valence-electron chi connectivity index (χ2n) is 5.05. The maximum absolute atomic E-state index is 13.6. The first-order valence-corrected chi connectivity index (χ1v) is 7.89. The van der Waals surface area contributed by atoms with E-state index in [1.165, 1.54) is 19.2 Å². The van der Waals surface area contributed by atoms with E-state index in [0.29, 0.717) is 12.8 Å². The van der Waals surface area contributed by atoms with Gasteiger partial charge in [-0.25, -0.2) is 17.5 Å². The molecule has 0 atom stereocenters. The van der Waals surface area contributed by atoms with E-state index in [4.69, 9.17) is 4.74 Å². The average Bonchev–Trinajstić information content (AvgIpc) is 2.87. The third-order valence-electron chi connectivity index (χ3n) is 3.65. The largest absolute Gasteiger partial charge is 0.494 e. The molecular formula is C13H18FNO4S. The maximum Gasteiger partial charge on any atom is 0.241 e. The number of aliphatic hydroxyl groups is 1. The highest BCUT2D eigenvalue weighted by Gasteiger charge is 2.37. The molecule has 5 nitrogen and oxygen atoms in total. The molecule has 0 unspecified atom stereocenters. The van der Waals surface area contributed by atoms with Crippen LogP contribution in [0.1, 0.15) is 25.7 Å². The summed E-state index contributed by atoms with van der Waals surface area (Å²) in [5, 5.41) is 9.44. The molecule has 20 heavy (non-hydrogen) atoms. The van der Waals surface area contributed by atoms with Crippen molar-refractivity contribution in [2.24, 2.45) is 0 Å². The maximum atomic E-state index is 13.6. The molecule has 1 aliphatic carbocycles. The van der Waals surface area contributed by atoms with Gasteiger partial charge in [0.05, 0.1) is 24.2 Å². The Labute approximate surface area is 117 Å². The van der Waals surface area contributed by atoms with Gasteiger partial charge in [-0.3, -0.25) is 0 Å². The van der Waals surface area contributed by atoms with Crippen molar-refractivity contribution in [3.05, 3.63) is 24.0 Å². The Hall–Kier alpha value is -1.18. The van der Waals surface area contributed by atoms with Gasteiger partial charge in [0.1, 0.15) is 0 Å². The Morgan fingerprint density at radius 1 is 1.40 bits per heavy atom. The van der Waals surface area contributed by atoms with Gasteiger partial charge in [-0.2, -0.15) is 0 Å². The number of hydrogen-bond donors (Lipinski definition) is 2. The number of aliphatic hydroxyl groups excluding tert-OH is 1. The molecule has 0 bridgehead atoms. The molecule has 1 saturated carbocycles. The Kier molecular flexibility index (Phi) is 4.31. The summed E-state index contributed by atoms with van der Waals surface area (Å²) in [4.78, 5) is -0.171. The molecule has 2 N–H and O–H groups in total. The van der Waals surface area contributed by atoms with Crippen molar-refractivity contribution in [3.63, 3.8) is 0 Å². The van der Waals surface area contributed by atoms with Crippen molar-refractivity contribution in [2.45, 2.75) is 36.1 Å². The summed E-state index contributed by atoms with van der Waals surface area (Å²) in [5.74, 6) is -0.749. The minimum absolute atomic E-state index is 0.0123.